The second-order valence-electron chi connectivity index (χ2n) is 6.65. The van der Waals surface area contributed by atoms with Crippen molar-refractivity contribution >= 4 is 22.4 Å². The summed E-state index contributed by atoms with van der Waals surface area (Å²) in [6.45, 7) is 7.13. The van der Waals surface area contributed by atoms with Gasteiger partial charge in [0.1, 0.15) is 11.5 Å². The van der Waals surface area contributed by atoms with Gasteiger partial charge in [0.15, 0.2) is 5.13 Å². The minimum absolute atomic E-state index is 0.0506. The van der Waals surface area contributed by atoms with E-state index in [1.807, 2.05) is 69.3 Å². The lowest BCUT2D eigenvalue weighted by Gasteiger charge is -2.08. The molecule has 1 aromatic heterocycles. The molecule has 1 amide bonds. The van der Waals surface area contributed by atoms with Gasteiger partial charge >= 0.3 is 0 Å². The zero-order valence-electron chi connectivity index (χ0n) is 17.0. The van der Waals surface area contributed by atoms with E-state index >= 15 is 0 Å². The maximum atomic E-state index is 12.2. The number of nitrogens with one attached hydrogen (secondary N) is 1. The van der Waals surface area contributed by atoms with Crippen LogP contribution in [0.25, 0.3) is 11.3 Å². The van der Waals surface area contributed by atoms with Crippen molar-refractivity contribution in [3.63, 3.8) is 0 Å². The van der Waals surface area contributed by atoms with Crippen molar-refractivity contribution in [1.29, 1.82) is 0 Å². The van der Waals surface area contributed by atoms with Crippen LogP contribution < -0.4 is 14.8 Å². The molecule has 0 bridgehead atoms. The Balaban J connectivity index is 1.50. The smallest absolute Gasteiger partial charge is 0.226 e. The summed E-state index contributed by atoms with van der Waals surface area (Å²) in [5.41, 5.74) is 2.99. The fourth-order valence-electron chi connectivity index (χ4n) is 2.91. The quantitative estimate of drug-likeness (QED) is 0.465. The maximum Gasteiger partial charge on any atom is 0.226 e. The first kappa shape index (κ1) is 20.9. The molecule has 0 aliphatic carbocycles. The number of nitrogens with zero attached hydrogens (tertiary/aromatic N) is 1. The monoisotopic (exact) mass is 410 g/mol. The van der Waals surface area contributed by atoms with Crippen LogP contribution in [-0.4, -0.2) is 24.1 Å². The van der Waals surface area contributed by atoms with Gasteiger partial charge in [0.05, 0.1) is 18.9 Å². The van der Waals surface area contributed by atoms with Gasteiger partial charge in [0, 0.05) is 16.9 Å². The molecule has 0 radical (unpaired) electrons. The zero-order valence-corrected chi connectivity index (χ0v) is 17.8. The van der Waals surface area contributed by atoms with E-state index in [0.29, 0.717) is 31.2 Å². The number of hydrogen-bond acceptors (Lipinski definition) is 5. The number of anilines is 1. The van der Waals surface area contributed by atoms with Crippen molar-refractivity contribution < 1.29 is 14.3 Å². The molecular weight excluding hydrogens is 384 g/mol. The lowest BCUT2D eigenvalue weighted by Crippen LogP contribution is -2.12. The maximum absolute atomic E-state index is 12.2. The standard InChI is InChI=1S/C23H26N2O3S/c1-4-27-19-13-11-18(12-14-19)22-17(3)29-23(25-22)24-21(26)10-7-15-28-20-9-6-5-8-16(20)2/h5-6,8-9,11-14H,4,7,10,15H2,1-3H3,(H,24,25,26). The first-order valence-electron chi connectivity index (χ1n) is 9.75. The van der Waals surface area contributed by atoms with Crippen LogP contribution >= 0.6 is 11.3 Å². The predicted octanol–water partition coefficient (Wildman–Crippen LogP) is 5.62. The van der Waals surface area contributed by atoms with Gasteiger partial charge in [-0.25, -0.2) is 4.98 Å². The Morgan fingerprint density at radius 3 is 2.55 bits per heavy atom. The fourth-order valence-corrected chi connectivity index (χ4v) is 3.76. The third-order valence-electron chi connectivity index (χ3n) is 4.38. The second kappa shape index (κ2) is 10.1. The Bertz CT molecular complexity index is 951. The number of carbonyl (C=O) groups is 1. The van der Waals surface area contributed by atoms with Gasteiger partial charge in [0.2, 0.25) is 5.91 Å². The van der Waals surface area contributed by atoms with Gasteiger partial charge in [-0.15, -0.1) is 11.3 Å². The molecule has 0 atom stereocenters. The summed E-state index contributed by atoms with van der Waals surface area (Å²) in [6.07, 6.45) is 1.04. The van der Waals surface area contributed by atoms with Crippen LogP contribution in [0.5, 0.6) is 11.5 Å². The van der Waals surface area contributed by atoms with Crippen molar-refractivity contribution in [2.75, 3.05) is 18.5 Å². The predicted molar refractivity (Wildman–Crippen MR) is 118 cm³/mol. The van der Waals surface area contributed by atoms with E-state index in [9.17, 15) is 4.79 Å². The highest BCUT2D eigenvalue weighted by molar-refractivity contribution is 7.16. The van der Waals surface area contributed by atoms with Crippen LogP contribution in [0.3, 0.4) is 0 Å². The van der Waals surface area contributed by atoms with E-state index < -0.39 is 0 Å². The van der Waals surface area contributed by atoms with Crippen LogP contribution in [0, 0.1) is 13.8 Å². The van der Waals surface area contributed by atoms with Crippen molar-refractivity contribution in [3.8, 4) is 22.8 Å². The number of carbonyl (C=O) groups excluding carboxylic acids is 1. The van der Waals surface area contributed by atoms with Crippen molar-refractivity contribution in [2.45, 2.75) is 33.6 Å². The number of thiazole rings is 1. The molecule has 0 fully saturated rings. The molecule has 29 heavy (non-hydrogen) atoms. The summed E-state index contributed by atoms with van der Waals surface area (Å²) < 4.78 is 11.2. The normalized spacial score (nSPS) is 10.6. The SMILES string of the molecule is CCOc1ccc(-c2nc(NC(=O)CCCOc3ccccc3C)sc2C)cc1. The van der Waals surface area contributed by atoms with E-state index in [0.717, 1.165) is 33.2 Å². The van der Waals surface area contributed by atoms with E-state index in [-0.39, 0.29) is 5.91 Å². The largest absolute Gasteiger partial charge is 0.494 e. The molecular formula is C23H26N2O3S. The Morgan fingerprint density at radius 1 is 1.07 bits per heavy atom. The van der Waals surface area contributed by atoms with Gasteiger partial charge < -0.3 is 14.8 Å². The van der Waals surface area contributed by atoms with Gasteiger partial charge in [-0.2, -0.15) is 0 Å². The summed E-state index contributed by atoms with van der Waals surface area (Å²) >= 11 is 1.48. The molecule has 0 unspecified atom stereocenters. The molecule has 3 rings (SSSR count). The first-order chi connectivity index (χ1) is 14.1. The Hall–Kier alpha value is -2.86. The highest BCUT2D eigenvalue weighted by atomic mass is 32.1. The van der Waals surface area contributed by atoms with E-state index in [1.54, 1.807) is 0 Å². The third kappa shape index (κ3) is 5.81. The number of hydrogen-bond donors (Lipinski definition) is 1. The van der Waals surface area contributed by atoms with Gasteiger partial charge in [0.25, 0.3) is 0 Å². The Kier molecular flexibility index (Phi) is 7.25. The minimum Gasteiger partial charge on any atom is -0.494 e. The molecule has 3 aromatic rings. The van der Waals surface area contributed by atoms with Crippen LogP contribution in [0.15, 0.2) is 48.5 Å². The highest BCUT2D eigenvalue weighted by Gasteiger charge is 2.12. The van der Waals surface area contributed by atoms with Crippen molar-refractivity contribution in [3.05, 3.63) is 59.0 Å². The molecule has 1 heterocycles. The Morgan fingerprint density at radius 2 is 1.83 bits per heavy atom. The summed E-state index contributed by atoms with van der Waals surface area (Å²) in [7, 11) is 0. The number of aryl methyl sites for hydroxylation is 2. The molecule has 0 aliphatic heterocycles. The van der Waals surface area contributed by atoms with Crippen LogP contribution in [0.1, 0.15) is 30.2 Å². The molecule has 1 N–H and O–H groups in total. The molecule has 0 saturated heterocycles. The number of amides is 1. The molecule has 0 saturated carbocycles. The fraction of sp³-hybridized carbons (Fsp3) is 0.304. The van der Waals surface area contributed by atoms with Gasteiger partial charge in [-0.05, 0) is 63.1 Å². The number of para-hydroxylation sites is 1. The molecule has 152 valence electrons. The van der Waals surface area contributed by atoms with E-state index in [4.69, 9.17) is 9.47 Å². The highest BCUT2D eigenvalue weighted by Crippen LogP contribution is 2.31. The molecule has 6 heteroatoms. The number of rotatable bonds is 9. The number of ether oxygens (including phenoxy) is 2. The van der Waals surface area contributed by atoms with Crippen molar-refractivity contribution in [1.82, 2.24) is 4.98 Å². The summed E-state index contributed by atoms with van der Waals surface area (Å²) in [5.74, 6) is 1.65. The summed E-state index contributed by atoms with van der Waals surface area (Å²) in [6, 6.07) is 15.7. The van der Waals surface area contributed by atoms with E-state index in [2.05, 4.69) is 10.3 Å². The van der Waals surface area contributed by atoms with Crippen LogP contribution in [0.4, 0.5) is 5.13 Å². The summed E-state index contributed by atoms with van der Waals surface area (Å²) in [5, 5.41) is 3.52. The Labute approximate surface area is 175 Å². The first-order valence-corrected chi connectivity index (χ1v) is 10.6. The van der Waals surface area contributed by atoms with E-state index in [1.165, 1.54) is 11.3 Å². The molecule has 2 aromatic carbocycles. The topological polar surface area (TPSA) is 60.5 Å². The summed E-state index contributed by atoms with van der Waals surface area (Å²) in [4.78, 5) is 17.9. The second-order valence-corrected chi connectivity index (χ2v) is 7.85. The van der Waals surface area contributed by atoms with Crippen molar-refractivity contribution in [2.24, 2.45) is 0 Å². The third-order valence-corrected chi connectivity index (χ3v) is 5.27. The van der Waals surface area contributed by atoms with Crippen LogP contribution in [-0.2, 0) is 4.79 Å². The molecule has 0 aliphatic rings. The number of aromatic nitrogens is 1. The zero-order chi connectivity index (χ0) is 20.6. The van der Waals surface area contributed by atoms with Gasteiger partial charge in [-0.1, -0.05) is 18.2 Å². The van der Waals surface area contributed by atoms with Crippen LogP contribution in [0.2, 0.25) is 0 Å². The van der Waals surface area contributed by atoms with Gasteiger partial charge in [-0.3, -0.25) is 4.79 Å². The average Bonchev–Trinajstić information content (AvgIpc) is 3.07. The number of benzene rings is 2. The lowest BCUT2D eigenvalue weighted by atomic mass is 10.1. The lowest BCUT2D eigenvalue weighted by molar-refractivity contribution is -0.116. The average molecular weight is 411 g/mol. The molecule has 0 spiro atoms. The minimum atomic E-state index is -0.0506. The molecule has 5 nitrogen and oxygen atoms in total.